The lowest BCUT2D eigenvalue weighted by Crippen LogP contribution is -2.53. The Morgan fingerprint density at radius 2 is 1.73 bits per heavy atom. The lowest BCUT2D eigenvalue weighted by atomic mass is 9.80. The standard InChI is InChI=1S/C28H30N4O4S/c1-19(2)18-31-26(24-8-5-17-37-24)25(22-6-3-4-7-23(22)27(31)33)28(34)30-15-13-29(14-16-30)20-9-11-21(12-10-20)32(35)36/h3-12,17,19,25-26H,13-16,18H2,1-2H3/t25-,26-/m1/s1. The summed E-state index contributed by atoms with van der Waals surface area (Å²) in [5, 5.41) is 13.0. The van der Waals surface area contributed by atoms with Crippen LogP contribution in [0, 0.1) is 16.0 Å². The average molecular weight is 519 g/mol. The molecule has 1 aromatic heterocycles. The van der Waals surface area contributed by atoms with Crippen LogP contribution in [0.4, 0.5) is 11.4 Å². The molecule has 9 heteroatoms. The third kappa shape index (κ3) is 4.83. The van der Waals surface area contributed by atoms with Crippen LogP contribution < -0.4 is 4.90 Å². The maximum atomic E-state index is 14.2. The molecule has 37 heavy (non-hydrogen) atoms. The molecule has 0 radical (unpaired) electrons. The minimum atomic E-state index is -0.475. The predicted molar refractivity (Wildman–Crippen MR) is 144 cm³/mol. The van der Waals surface area contributed by atoms with E-state index in [9.17, 15) is 19.7 Å². The van der Waals surface area contributed by atoms with Crippen LogP contribution in [0.1, 0.15) is 46.6 Å². The van der Waals surface area contributed by atoms with Gasteiger partial charge in [0.1, 0.15) is 0 Å². The maximum absolute atomic E-state index is 14.2. The Morgan fingerprint density at radius 1 is 1.03 bits per heavy atom. The van der Waals surface area contributed by atoms with Gasteiger partial charge in [-0.25, -0.2) is 0 Å². The largest absolute Gasteiger partial charge is 0.368 e. The number of nitrogens with zero attached hydrogens (tertiary/aromatic N) is 4. The number of fused-ring (bicyclic) bond motifs is 1. The average Bonchev–Trinajstić information content (AvgIpc) is 3.44. The van der Waals surface area contributed by atoms with Crippen molar-refractivity contribution < 1.29 is 14.5 Å². The molecule has 1 saturated heterocycles. The summed E-state index contributed by atoms with van der Waals surface area (Å²) in [6.45, 7) is 7.12. The number of piperazine rings is 1. The first-order valence-corrected chi connectivity index (χ1v) is 13.4. The number of hydrogen-bond donors (Lipinski definition) is 0. The van der Waals surface area contributed by atoms with Crippen LogP contribution in [-0.2, 0) is 4.79 Å². The number of hydrogen-bond acceptors (Lipinski definition) is 6. The number of anilines is 1. The summed E-state index contributed by atoms with van der Waals surface area (Å²) in [6.07, 6.45) is 0. The highest BCUT2D eigenvalue weighted by molar-refractivity contribution is 7.10. The zero-order valence-corrected chi connectivity index (χ0v) is 21.8. The minimum Gasteiger partial charge on any atom is -0.368 e. The van der Waals surface area contributed by atoms with E-state index in [4.69, 9.17) is 0 Å². The van der Waals surface area contributed by atoms with Crippen molar-refractivity contribution in [3.63, 3.8) is 0 Å². The quantitative estimate of drug-likeness (QED) is 0.341. The van der Waals surface area contributed by atoms with E-state index in [2.05, 4.69) is 18.7 Å². The summed E-state index contributed by atoms with van der Waals surface area (Å²) < 4.78 is 0. The summed E-state index contributed by atoms with van der Waals surface area (Å²) in [7, 11) is 0. The van der Waals surface area contributed by atoms with Gasteiger partial charge in [-0.15, -0.1) is 11.3 Å². The topological polar surface area (TPSA) is 87.0 Å². The minimum absolute atomic E-state index is 0.0188. The fourth-order valence-corrected chi connectivity index (χ4v) is 6.27. The van der Waals surface area contributed by atoms with Crippen LogP contribution in [-0.4, -0.2) is 59.3 Å². The third-order valence-electron chi connectivity index (χ3n) is 7.12. The predicted octanol–water partition coefficient (Wildman–Crippen LogP) is 4.94. The highest BCUT2D eigenvalue weighted by Gasteiger charge is 2.46. The van der Waals surface area contributed by atoms with E-state index in [1.54, 1.807) is 23.5 Å². The maximum Gasteiger partial charge on any atom is 0.269 e. The Kier molecular flexibility index (Phi) is 6.97. The SMILES string of the molecule is CC(C)CN1C(=O)c2ccccc2[C@@H](C(=O)N2CCN(c3ccc([N+](=O)[O-])cc3)CC2)[C@H]1c1cccs1. The number of rotatable bonds is 6. The molecule has 2 aromatic carbocycles. The Labute approximate surface area is 220 Å². The van der Waals surface area contributed by atoms with Gasteiger partial charge in [-0.3, -0.25) is 19.7 Å². The highest BCUT2D eigenvalue weighted by Crippen LogP contribution is 2.45. The van der Waals surface area contributed by atoms with Crippen molar-refractivity contribution in [2.75, 3.05) is 37.6 Å². The fraction of sp³-hybridized carbons (Fsp3) is 0.357. The first-order valence-electron chi connectivity index (χ1n) is 12.6. The lowest BCUT2D eigenvalue weighted by Gasteiger charge is -2.44. The zero-order valence-electron chi connectivity index (χ0n) is 20.9. The third-order valence-corrected chi connectivity index (χ3v) is 8.06. The Bertz CT molecular complexity index is 1280. The normalized spacial score (nSPS) is 19.8. The van der Waals surface area contributed by atoms with Crippen LogP contribution in [0.5, 0.6) is 0 Å². The molecule has 0 N–H and O–H groups in total. The van der Waals surface area contributed by atoms with Crippen molar-refractivity contribution in [1.82, 2.24) is 9.80 Å². The van der Waals surface area contributed by atoms with Crippen molar-refractivity contribution in [3.05, 3.63) is 92.2 Å². The van der Waals surface area contributed by atoms with Crippen molar-refractivity contribution in [2.45, 2.75) is 25.8 Å². The Hall–Kier alpha value is -3.72. The molecule has 2 amide bonds. The number of carbonyl (C=O) groups excluding carboxylic acids is 2. The van der Waals surface area contributed by atoms with Gasteiger partial charge in [0.05, 0.1) is 16.9 Å². The molecule has 2 aliphatic heterocycles. The van der Waals surface area contributed by atoms with E-state index >= 15 is 0 Å². The van der Waals surface area contributed by atoms with Gasteiger partial charge in [-0.2, -0.15) is 0 Å². The van der Waals surface area contributed by atoms with E-state index in [0.29, 0.717) is 38.3 Å². The molecule has 2 atom stereocenters. The molecule has 8 nitrogen and oxygen atoms in total. The summed E-state index contributed by atoms with van der Waals surface area (Å²) in [5.41, 5.74) is 2.38. The Morgan fingerprint density at radius 3 is 2.35 bits per heavy atom. The van der Waals surface area contributed by atoms with Crippen LogP contribution in [0.25, 0.3) is 0 Å². The number of thiophene rings is 1. The molecular formula is C28H30N4O4S. The second kappa shape index (κ2) is 10.3. The molecule has 0 saturated carbocycles. The van der Waals surface area contributed by atoms with Crippen molar-refractivity contribution >= 4 is 34.5 Å². The van der Waals surface area contributed by atoms with Crippen LogP contribution in [0.2, 0.25) is 0 Å². The van der Waals surface area contributed by atoms with Gasteiger partial charge in [0.25, 0.3) is 11.6 Å². The van der Waals surface area contributed by atoms with Crippen molar-refractivity contribution in [3.8, 4) is 0 Å². The van der Waals surface area contributed by atoms with Gasteiger partial charge in [-0.1, -0.05) is 38.1 Å². The molecule has 192 valence electrons. The fourth-order valence-electron chi connectivity index (χ4n) is 5.40. The van der Waals surface area contributed by atoms with Crippen molar-refractivity contribution in [1.29, 1.82) is 0 Å². The molecule has 5 rings (SSSR count). The molecule has 0 spiro atoms. The van der Waals surface area contributed by atoms with E-state index in [0.717, 1.165) is 16.1 Å². The first kappa shape index (κ1) is 25.0. The monoisotopic (exact) mass is 518 g/mol. The van der Waals surface area contributed by atoms with E-state index < -0.39 is 10.8 Å². The molecular weight excluding hydrogens is 488 g/mol. The Balaban J connectivity index is 1.43. The molecule has 2 aliphatic rings. The van der Waals surface area contributed by atoms with Crippen LogP contribution in [0.3, 0.4) is 0 Å². The van der Waals surface area contributed by atoms with Gasteiger partial charge < -0.3 is 14.7 Å². The molecule has 0 unspecified atom stereocenters. The van der Waals surface area contributed by atoms with Gasteiger partial charge in [-0.05, 0) is 41.1 Å². The van der Waals surface area contributed by atoms with Crippen LogP contribution >= 0.6 is 11.3 Å². The highest BCUT2D eigenvalue weighted by atomic mass is 32.1. The van der Waals surface area contributed by atoms with Crippen molar-refractivity contribution in [2.24, 2.45) is 5.92 Å². The van der Waals surface area contributed by atoms with Gasteiger partial charge in [0.2, 0.25) is 5.91 Å². The number of benzene rings is 2. The van der Waals surface area contributed by atoms with Crippen LogP contribution in [0.15, 0.2) is 66.0 Å². The van der Waals surface area contributed by atoms with Gasteiger partial charge >= 0.3 is 0 Å². The second-order valence-electron chi connectivity index (χ2n) is 9.96. The summed E-state index contributed by atoms with van der Waals surface area (Å²) >= 11 is 1.58. The lowest BCUT2D eigenvalue weighted by molar-refractivity contribution is -0.384. The number of nitro benzene ring substituents is 1. The molecule has 0 bridgehead atoms. The zero-order chi connectivity index (χ0) is 26.1. The van der Waals surface area contributed by atoms with E-state index in [1.165, 1.54) is 12.1 Å². The smallest absolute Gasteiger partial charge is 0.269 e. The number of non-ortho nitro benzene ring substituents is 1. The van der Waals surface area contributed by atoms with E-state index in [1.807, 2.05) is 51.6 Å². The first-order chi connectivity index (χ1) is 17.8. The molecule has 1 fully saturated rings. The summed E-state index contributed by atoms with van der Waals surface area (Å²) in [4.78, 5) is 45.4. The second-order valence-corrected chi connectivity index (χ2v) is 10.9. The summed E-state index contributed by atoms with van der Waals surface area (Å²) in [5.74, 6) is -0.194. The number of carbonyl (C=O) groups is 2. The molecule has 3 aromatic rings. The summed E-state index contributed by atoms with van der Waals surface area (Å²) in [6, 6.07) is 17.7. The number of nitro groups is 1. The molecule has 3 heterocycles. The number of amides is 2. The molecule has 0 aliphatic carbocycles. The van der Waals surface area contributed by atoms with Gasteiger partial charge in [0, 0.05) is 61.0 Å². The van der Waals surface area contributed by atoms with E-state index in [-0.39, 0.29) is 29.5 Å². The van der Waals surface area contributed by atoms with Gasteiger partial charge in [0.15, 0.2) is 0 Å².